The van der Waals surface area contributed by atoms with Gasteiger partial charge in [0.1, 0.15) is 5.82 Å². The van der Waals surface area contributed by atoms with Crippen molar-refractivity contribution in [2.75, 3.05) is 6.54 Å². The molecular formula is C17H18BrClFN. The van der Waals surface area contributed by atoms with Crippen LogP contribution in [0.2, 0.25) is 5.02 Å². The van der Waals surface area contributed by atoms with E-state index in [0.717, 1.165) is 19.4 Å². The molecule has 1 atom stereocenters. The van der Waals surface area contributed by atoms with Crippen LogP contribution in [0.15, 0.2) is 46.9 Å². The van der Waals surface area contributed by atoms with Crippen LogP contribution in [0.4, 0.5) is 4.39 Å². The highest BCUT2D eigenvalue weighted by Crippen LogP contribution is 2.32. The summed E-state index contributed by atoms with van der Waals surface area (Å²) in [6.07, 6.45) is 1.72. The molecule has 0 aliphatic heterocycles. The Balaban J connectivity index is 2.17. The molecule has 0 heterocycles. The van der Waals surface area contributed by atoms with Crippen molar-refractivity contribution >= 4 is 27.5 Å². The van der Waals surface area contributed by atoms with Crippen molar-refractivity contribution in [3.63, 3.8) is 0 Å². The summed E-state index contributed by atoms with van der Waals surface area (Å²) in [5.74, 6) is -0.343. The summed E-state index contributed by atoms with van der Waals surface area (Å²) < 4.78 is 14.9. The van der Waals surface area contributed by atoms with Gasteiger partial charge >= 0.3 is 0 Å². The zero-order chi connectivity index (χ0) is 15.2. The SMILES string of the molecule is CCNC(CCc1ccccc1)c1ccc(Br)c(Cl)c1F. The second-order valence-electron chi connectivity index (χ2n) is 4.90. The van der Waals surface area contributed by atoms with Gasteiger partial charge in [0.25, 0.3) is 0 Å². The van der Waals surface area contributed by atoms with Crippen LogP contribution in [-0.2, 0) is 6.42 Å². The lowest BCUT2D eigenvalue weighted by Crippen LogP contribution is -2.22. The Kier molecular flexibility index (Phi) is 6.22. The molecule has 0 amide bonds. The second kappa shape index (κ2) is 7.92. The number of hydrogen-bond acceptors (Lipinski definition) is 1. The third kappa shape index (κ3) is 4.29. The molecule has 4 heteroatoms. The monoisotopic (exact) mass is 369 g/mol. The van der Waals surface area contributed by atoms with Crippen LogP contribution in [-0.4, -0.2) is 6.54 Å². The molecule has 0 saturated heterocycles. The maximum atomic E-state index is 14.4. The highest BCUT2D eigenvalue weighted by molar-refractivity contribution is 9.10. The van der Waals surface area contributed by atoms with Crippen molar-refractivity contribution in [3.8, 4) is 0 Å². The van der Waals surface area contributed by atoms with E-state index in [9.17, 15) is 4.39 Å². The van der Waals surface area contributed by atoms with Crippen molar-refractivity contribution in [1.82, 2.24) is 5.32 Å². The van der Waals surface area contributed by atoms with Gasteiger partial charge in [0.05, 0.1) is 5.02 Å². The highest BCUT2D eigenvalue weighted by Gasteiger charge is 2.18. The molecular weight excluding hydrogens is 353 g/mol. The van der Waals surface area contributed by atoms with Gasteiger partial charge in [-0.1, -0.05) is 54.9 Å². The van der Waals surface area contributed by atoms with E-state index in [1.54, 1.807) is 12.1 Å². The van der Waals surface area contributed by atoms with Crippen molar-refractivity contribution < 1.29 is 4.39 Å². The Morgan fingerprint density at radius 3 is 2.57 bits per heavy atom. The zero-order valence-corrected chi connectivity index (χ0v) is 14.2. The Morgan fingerprint density at radius 2 is 1.90 bits per heavy atom. The lowest BCUT2D eigenvalue weighted by molar-refractivity contribution is 0.485. The second-order valence-corrected chi connectivity index (χ2v) is 6.13. The van der Waals surface area contributed by atoms with E-state index in [2.05, 4.69) is 33.4 Å². The fraction of sp³-hybridized carbons (Fsp3) is 0.294. The summed E-state index contributed by atoms with van der Waals surface area (Å²) in [6, 6.07) is 13.8. The summed E-state index contributed by atoms with van der Waals surface area (Å²) in [5.41, 5.74) is 1.88. The minimum Gasteiger partial charge on any atom is -0.310 e. The van der Waals surface area contributed by atoms with Gasteiger partial charge < -0.3 is 5.32 Å². The molecule has 0 aromatic heterocycles. The number of benzene rings is 2. The Bertz CT molecular complexity index is 589. The van der Waals surface area contributed by atoms with Gasteiger partial charge in [-0.3, -0.25) is 0 Å². The first-order valence-electron chi connectivity index (χ1n) is 7.04. The van der Waals surface area contributed by atoms with Crippen molar-refractivity contribution in [2.45, 2.75) is 25.8 Å². The summed E-state index contributed by atoms with van der Waals surface area (Å²) >= 11 is 9.25. The lowest BCUT2D eigenvalue weighted by Gasteiger charge is -2.20. The van der Waals surface area contributed by atoms with Crippen LogP contribution < -0.4 is 5.32 Å². The minimum atomic E-state index is -0.343. The summed E-state index contributed by atoms with van der Waals surface area (Å²) in [5, 5.41) is 3.49. The van der Waals surface area contributed by atoms with E-state index in [0.29, 0.717) is 10.0 Å². The van der Waals surface area contributed by atoms with E-state index < -0.39 is 0 Å². The first-order valence-corrected chi connectivity index (χ1v) is 8.21. The van der Waals surface area contributed by atoms with E-state index in [4.69, 9.17) is 11.6 Å². The van der Waals surface area contributed by atoms with Crippen LogP contribution >= 0.6 is 27.5 Å². The van der Waals surface area contributed by atoms with Crippen molar-refractivity contribution in [2.24, 2.45) is 0 Å². The molecule has 2 aromatic rings. The van der Waals surface area contributed by atoms with Gasteiger partial charge in [-0.15, -0.1) is 0 Å². The fourth-order valence-corrected chi connectivity index (χ4v) is 2.86. The van der Waals surface area contributed by atoms with Crippen LogP contribution in [0.1, 0.15) is 30.5 Å². The summed E-state index contributed by atoms with van der Waals surface area (Å²) in [4.78, 5) is 0. The molecule has 1 unspecified atom stereocenters. The molecule has 0 radical (unpaired) electrons. The largest absolute Gasteiger partial charge is 0.310 e. The summed E-state index contributed by atoms with van der Waals surface area (Å²) in [7, 11) is 0. The third-order valence-corrected chi connectivity index (χ3v) is 4.71. The molecule has 0 aliphatic rings. The number of halogens is 3. The molecule has 0 aliphatic carbocycles. The molecule has 1 N–H and O–H groups in total. The Labute approximate surface area is 138 Å². The molecule has 112 valence electrons. The van der Waals surface area contributed by atoms with Gasteiger partial charge in [-0.25, -0.2) is 4.39 Å². The number of rotatable bonds is 6. The van der Waals surface area contributed by atoms with Crippen LogP contribution in [0.5, 0.6) is 0 Å². The molecule has 1 nitrogen and oxygen atoms in total. The fourth-order valence-electron chi connectivity index (χ4n) is 2.38. The van der Waals surface area contributed by atoms with Gasteiger partial charge in [-0.2, -0.15) is 0 Å². The number of aryl methyl sites for hydroxylation is 1. The molecule has 2 aromatic carbocycles. The first-order chi connectivity index (χ1) is 10.1. The van der Waals surface area contributed by atoms with Crippen LogP contribution in [0, 0.1) is 5.82 Å². The summed E-state index contributed by atoms with van der Waals surface area (Å²) in [6.45, 7) is 2.81. The quantitative estimate of drug-likeness (QED) is 0.660. The highest BCUT2D eigenvalue weighted by atomic mass is 79.9. The molecule has 0 saturated carbocycles. The van der Waals surface area contributed by atoms with Crippen LogP contribution in [0.3, 0.4) is 0 Å². The van der Waals surface area contributed by atoms with E-state index in [-0.39, 0.29) is 16.9 Å². The maximum Gasteiger partial charge on any atom is 0.147 e. The predicted octanol–water partition coefficient (Wildman–Crippen LogP) is 5.53. The Morgan fingerprint density at radius 1 is 1.19 bits per heavy atom. The molecule has 0 bridgehead atoms. The normalized spacial score (nSPS) is 12.4. The average Bonchev–Trinajstić information content (AvgIpc) is 2.51. The van der Waals surface area contributed by atoms with Gasteiger partial charge in [0, 0.05) is 16.1 Å². The average molecular weight is 371 g/mol. The van der Waals surface area contributed by atoms with Gasteiger partial charge in [-0.05, 0) is 46.9 Å². The van der Waals surface area contributed by atoms with Gasteiger partial charge in [0.15, 0.2) is 0 Å². The van der Waals surface area contributed by atoms with E-state index in [1.165, 1.54) is 5.56 Å². The number of nitrogens with one attached hydrogen (secondary N) is 1. The van der Waals surface area contributed by atoms with Crippen LogP contribution in [0.25, 0.3) is 0 Å². The third-order valence-electron chi connectivity index (χ3n) is 3.46. The van der Waals surface area contributed by atoms with Gasteiger partial charge in [0.2, 0.25) is 0 Å². The maximum absolute atomic E-state index is 14.4. The topological polar surface area (TPSA) is 12.0 Å². The van der Waals surface area contributed by atoms with E-state index >= 15 is 0 Å². The Hall–Kier alpha value is -0.900. The standard InChI is InChI=1S/C17H18BrClFN/c1-2-21-15(11-8-12-6-4-3-5-7-12)13-9-10-14(18)16(19)17(13)20/h3-7,9-10,15,21H,2,8,11H2,1H3. The smallest absolute Gasteiger partial charge is 0.147 e. The molecule has 0 fully saturated rings. The van der Waals surface area contributed by atoms with E-state index in [1.807, 2.05) is 25.1 Å². The lowest BCUT2D eigenvalue weighted by atomic mass is 9.98. The molecule has 2 rings (SSSR count). The first kappa shape index (κ1) is 16.5. The predicted molar refractivity (Wildman–Crippen MR) is 90.3 cm³/mol. The van der Waals surface area contributed by atoms with Crippen molar-refractivity contribution in [1.29, 1.82) is 0 Å². The number of hydrogen-bond donors (Lipinski definition) is 1. The molecule has 0 spiro atoms. The zero-order valence-electron chi connectivity index (χ0n) is 11.9. The minimum absolute atomic E-state index is 0.0409. The molecule has 21 heavy (non-hydrogen) atoms. The van der Waals surface area contributed by atoms with Crippen molar-refractivity contribution in [3.05, 3.63) is 68.9 Å².